The Morgan fingerprint density at radius 2 is 1.36 bits per heavy atom. The minimum absolute atomic E-state index is 0.0499. The van der Waals surface area contributed by atoms with E-state index < -0.39 is 5.60 Å². The number of oxime groups is 1. The molecule has 1 unspecified atom stereocenters. The summed E-state index contributed by atoms with van der Waals surface area (Å²) in [6.07, 6.45) is 30.8. The van der Waals surface area contributed by atoms with Gasteiger partial charge in [-0.1, -0.05) is 134 Å². The third-order valence-corrected chi connectivity index (χ3v) is 9.03. The molecule has 2 N–H and O–H groups in total. The molecule has 0 saturated heterocycles. The quantitative estimate of drug-likeness (QED) is 0.205. The fourth-order valence-corrected chi connectivity index (χ4v) is 6.75. The van der Waals surface area contributed by atoms with Gasteiger partial charge in [0.2, 0.25) is 0 Å². The van der Waals surface area contributed by atoms with E-state index >= 15 is 0 Å². The number of nitrogens with zero attached hydrogens (tertiary/aromatic N) is 1. The summed E-state index contributed by atoms with van der Waals surface area (Å²) < 4.78 is 0. The normalized spacial score (nSPS) is 30.1. The van der Waals surface area contributed by atoms with Gasteiger partial charge in [-0.15, -0.1) is 0 Å². The third kappa shape index (κ3) is 9.64. The van der Waals surface area contributed by atoms with Crippen LogP contribution in [0.2, 0.25) is 0 Å². The lowest BCUT2D eigenvalue weighted by atomic mass is 9.64. The highest BCUT2D eigenvalue weighted by atomic mass is 16.7. The molecule has 4 nitrogen and oxygen atoms in total. The number of allylic oxidation sites excluding steroid dienone is 18. The van der Waals surface area contributed by atoms with E-state index in [0.717, 1.165) is 29.7 Å². The van der Waals surface area contributed by atoms with Crippen molar-refractivity contribution in [1.82, 2.24) is 0 Å². The van der Waals surface area contributed by atoms with Crippen LogP contribution in [0.4, 0.5) is 0 Å². The molecule has 0 spiro atoms. The highest BCUT2D eigenvalue weighted by Gasteiger charge is 2.49. The van der Waals surface area contributed by atoms with Crippen LogP contribution in [0.1, 0.15) is 88.5 Å². The molecule has 0 aromatic carbocycles. The molecule has 3 rings (SSSR count). The molecule has 4 heteroatoms. The maximum atomic E-state index is 10.3. The largest absolute Gasteiger partial charge is 0.393 e. The molecule has 3 aliphatic rings. The Labute approximate surface area is 267 Å². The first-order chi connectivity index (χ1) is 20.5. The summed E-state index contributed by atoms with van der Waals surface area (Å²) in [5, 5.41) is 24.8. The minimum Gasteiger partial charge on any atom is -0.393 e. The summed E-state index contributed by atoms with van der Waals surface area (Å²) in [6, 6.07) is 0. The molecule has 0 radical (unpaired) electrons. The van der Waals surface area contributed by atoms with E-state index in [9.17, 15) is 10.2 Å². The van der Waals surface area contributed by atoms with Crippen molar-refractivity contribution in [3.05, 3.63) is 119 Å². The third-order valence-electron chi connectivity index (χ3n) is 9.03. The van der Waals surface area contributed by atoms with Crippen molar-refractivity contribution in [3.8, 4) is 0 Å². The van der Waals surface area contributed by atoms with Gasteiger partial charge in [0.25, 0.3) is 0 Å². The lowest BCUT2D eigenvalue weighted by Crippen LogP contribution is -2.48. The van der Waals surface area contributed by atoms with Crippen molar-refractivity contribution in [2.24, 2.45) is 21.9 Å². The number of rotatable bonds is 9. The summed E-state index contributed by atoms with van der Waals surface area (Å²) in [7, 11) is 0. The molecule has 1 heterocycles. The maximum Gasteiger partial charge on any atom is 0.159 e. The van der Waals surface area contributed by atoms with Gasteiger partial charge in [0.15, 0.2) is 5.60 Å². The van der Waals surface area contributed by atoms with Crippen LogP contribution in [-0.4, -0.2) is 33.7 Å². The van der Waals surface area contributed by atoms with E-state index in [2.05, 4.69) is 133 Å². The monoisotopic (exact) mass is 597 g/mol. The molecular weight excluding hydrogens is 542 g/mol. The predicted octanol–water partition coefficient (Wildman–Crippen LogP) is 9.60. The predicted molar refractivity (Wildman–Crippen MR) is 187 cm³/mol. The van der Waals surface area contributed by atoms with Crippen LogP contribution in [0.25, 0.3) is 0 Å². The summed E-state index contributed by atoms with van der Waals surface area (Å²) in [4.78, 5) is 5.95. The molecule has 2 aliphatic carbocycles. The standard InChI is InChI=1S/C40H55NO3/c1-28(17-13-18-30(3)21-22-35-32(5)23-33(42)25-38(35,6)7)15-11-12-16-29(2)19-14-20-31(4)36-24-37-39(8,9)26-34(43)27-40(37,10)44-41-36/h11-24,33-35,42-43H,25-27H2,1-10H3/b12-11+,17-13+,19-14+,22-21+,28-15+,29-16+,30-18+,31-20+/t33-,34-,35-,40?/m0/s1. The van der Waals surface area contributed by atoms with Crippen molar-refractivity contribution in [1.29, 1.82) is 0 Å². The summed E-state index contributed by atoms with van der Waals surface area (Å²) in [5.41, 5.74) is 7.20. The fourth-order valence-electron chi connectivity index (χ4n) is 6.75. The zero-order chi connectivity index (χ0) is 32.7. The van der Waals surface area contributed by atoms with Crippen LogP contribution < -0.4 is 0 Å². The van der Waals surface area contributed by atoms with Crippen molar-refractivity contribution in [3.63, 3.8) is 0 Å². The zero-order valence-corrected chi connectivity index (χ0v) is 28.7. The van der Waals surface area contributed by atoms with Gasteiger partial charge in [-0.2, -0.15) is 0 Å². The summed E-state index contributed by atoms with van der Waals surface area (Å²) in [5.74, 6) is 0.340. The van der Waals surface area contributed by atoms with E-state index in [-0.39, 0.29) is 23.0 Å². The fraction of sp³-hybridized carbons (Fsp3) is 0.475. The average Bonchev–Trinajstić information content (AvgIpc) is 2.89. The average molecular weight is 598 g/mol. The second kappa shape index (κ2) is 14.7. The second-order valence-corrected chi connectivity index (χ2v) is 14.5. The van der Waals surface area contributed by atoms with E-state index in [1.807, 2.05) is 26.0 Å². The maximum absolute atomic E-state index is 10.3. The minimum atomic E-state index is -0.544. The Balaban J connectivity index is 1.53. The van der Waals surface area contributed by atoms with E-state index in [4.69, 9.17) is 4.84 Å². The molecule has 0 aromatic rings. The van der Waals surface area contributed by atoms with Gasteiger partial charge < -0.3 is 15.1 Å². The van der Waals surface area contributed by atoms with E-state index in [0.29, 0.717) is 12.3 Å². The van der Waals surface area contributed by atoms with Crippen LogP contribution in [-0.2, 0) is 4.84 Å². The molecule has 1 aliphatic heterocycles. The molecule has 4 atom stereocenters. The molecule has 0 aromatic heterocycles. The van der Waals surface area contributed by atoms with Gasteiger partial charge in [-0.25, -0.2) is 0 Å². The van der Waals surface area contributed by atoms with E-state index in [1.54, 1.807) is 0 Å². The highest BCUT2D eigenvalue weighted by molar-refractivity contribution is 6.08. The van der Waals surface area contributed by atoms with Crippen LogP contribution >= 0.6 is 0 Å². The second-order valence-electron chi connectivity index (χ2n) is 14.5. The Morgan fingerprint density at radius 3 is 1.98 bits per heavy atom. The summed E-state index contributed by atoms with van der Waals surface area (Å²) in [6.45, 7) is 21.3. The molecular formula is C40H55NO3. The number of fused-ring (bicyclic) bond motifs is 1. The van der Waals surface area contributed by atoms with Crippen molar-refractivity contribution < 1.29 is 15.1 Å². The lowest BCUT2D eigenvalue weighted by Gasteiger charge is -2.47. The smallest absolute Gasteiger partial charge is 0.159 e. The van der Waals surface area contributed by atoms with Crippen molar-refractivity contribution in [2.45, 2.75) is 106 Å². The number of aliphatic hydroxyl groups excluding tert-OH is 2. The first kappa shape index (κ1) is 35.3. The molecule has 0 amide bonds. The van der Waals surface area contributed by atoms with Crippen molar-refractivity contribution >= 4 is 5.71 Å². The molecule has 44 heavy (non-hydrogen) atoms. The van der Waals surface area contributed by atoms with Crippen LogP contribution in [0.5, 0.6) is 0 Å². The Bertz CT molecular complexity index is 1400. The van der Waals surface area contributed by atoms with Crippen molar-refractivity contribution in [2.75, 3.05) is 0 Å². The number of aliphatic hydroxyl groups is 2. The topological polar surface area (TPSA) is 62.1 Å². The van der Waals surface area contributed by atoms with Gasteiger partial charge in [0.1, 0.15) is 5.71 Å². The highest BCUT2D eigenvalue weighted by Crippen LogP contribution is 2.49. The van der Waals surface area contributed by atoms with Gasteiger partial charge >= 0.3 is 0 Å². The SMILES string of the molecule is CC1=C[C@H](O)CC(C)(C)[C@H]1/C=C/C(C)=C/C=C/C(C)=C/C=C/C=C(C)/C=C/C=C(\C)C1=NOC2(C)C[C@@H](O)CC(C)(C)C2=C1. The van der Waals surface area contributed by atoms with E-state index in [1.165, 1.54) is 22.3 Å². The van der Waals surface area contributed by atoms with Crippen LogP contribution in [0.15, 0.2) is 124 Å². The van der Waals surface area contributed by atoms with Gasteiger partial charge in [0, 0.05) is 12.3 Å². The zero-order valence-electron chi connectivity index (χ0n) is 28.7. The molecule has 238 valence electrons. The van der Waals surface area contributed by atoms with Gasteiger partial charge in [-0.05, 0) is 82.4 Å². The van der Waals surface area contributed by atoms with Crippen LogP contribution in [0, 0.1) is 16.7 Å². The number of hydrogen-bond donors (Lipinski definition) is 2. The van der Waals surface area contributed by atoms with Gasteiger partial charge in [-0.3, -0.25) is 0 Å². The Morgan fingerprint density at radius 1 is 0.795 bits per heavy atom. The molecule has 0 bridgehead atoms. The Kier molecular flexibility index (Phi) is 11.8. The first-order valence-electron chi connectivity index (χ1n) is 16.0. The summed E-state index contributed by atoms with van der Waals surface area (Å²) >= 11 is 0. The van der Waals surface area contributed by atoms with Crippen LogP contribution in [0.3, 0.4) is 0 Å². The lowest BCUT2D eigenvalue weighted by molar-refractivity contribution is -0.0773. The van der Waals surface area contributed by atoms with Gasteiger partial charge in [0.05, 0.1) is 12.2 Å². The Hall–Kier alpha value is -3.21. The molecule has 1 saturated carbocycles. The number of hydrogen-bond acceptors (Lipinski definition) is 4. The first-order valence-corrected chi connectivity index (χ1v) is 16.0. The molecule has 1 fully saturated rings.